The predicted molar refractivity (Wildman–Crippen MR) is 95.7 cm³/mol. The Morgan fingerprint density at radius 1 is 1.36 bits per heavy atom. The molecule has 1 fully saturated rings. The van der Waals surface area contributed by atoms with E-state index >= 15 is 0 Å². The second-order valence-corrected chi connectivity index (χ2v) is 6.86. The van der Waals surface area contributed by atoms with Gasteiger partial charge >= 0.3 is 0 Å². The van der Waals surface area contributed by atoms with Crippen LogP contribution in [0.3, 0.4) is 0 Å². The van der Waals surface area contributed by atoms with Crippen LogP contribution in [0.25, 0.3) is 0 Å². The molecule has 134 valence electrons. The lowest BCUT2D eigenvalue weighted by Crippen LogP contribution is -2.40. The number of hydrogen-bond acceptors (Lipinski definition) is 3. The normalized spacial score (nSPS) is 18.2. The Morgan fingerprint density at radius 2 is 2.16 bits per heavy atom. The van der Waals surface area contributed by atoms with Gasteiger partial charge in [-0.1, -0.05) is 12.1 Å². The van der Waals surface area contributed by atoms with E-state index in [1.54, 1.807) is 17.1 Å². The largest absolute Gasteiger partial charge is 0.322 e. The molecule has 1 aliphatic rings. The standard InChI is InChI=1S/C19H25FN4O/c1-23-13-18(11-21-23)22-19(25)14-24-10-2-3-16(12-24)5-4-15-6-8-17(20)9-7-15/h6-9,11,13,16H,2-5,10,12,14H2,1H3,(H,22,25). The number of aryl methyl sites for hydroxylation is 2. The molecule has 1 amide bonds. The van der Waals surface area contributed by atoms with Gasteiger partial charge in [-0.15, -0.1) is 0 Å². The zero-order chi connectivity index (χ0) is 17.6. The Morgan fingerprint density at radius 3 is 2.88 bits per heavy atom. The summed E-state index contributed by atoms with van der Waals surface area (Å²) in [6.07, 6.45) is 7.79. The molecule has 0 radical (unpaired) electrons. The van der Waals surface area contributed by atoms with Crippen LogP contribution in [0.4, 0.5) is 10.1 Å². The summed E-state index contributed by atoms with van der Waals surface area (Å²) in [5, 5.41) is 6.94. The topological polar surface area (TPSA) is 50.2 Å². The van der Waals surface area contributed by atoms with Crippen LogP contribution >= 0.6 is 0 Å². The van der Waals surface area contributed by atoms with Gasteiger partial charge in [-0.25, -0.2) is 4.39 Å². The average Bonchev–Trinajstić information content (AvgIpc) is 2.99. The van der Waals surface area contributed by atoms with E-state index in [9.17, 15) is 9.18 Å². The molecule has 0 aliphatic carbocycles. The summed E-state index contributed by atoms with van der Waals surface area (Å²) < 4.78 is 14.6. The van der Waals surface area contributed by atoms with Crippen LogP contribution in [0, 0.1) is 11.7 Å². The first-order valence-corrected chi connectivity index (χ1v) is 8.84. The highest BCUT2D eigenvalue weighted by atomic mass is 19.1. The van der Waals surface area contributed by atoms with Crippen molar-refractivity contribution in [1.82, 2.24) is 14.7 Å². The molecule has 2 aromatic rings. The van der Waals surface area contributed by atoms with Crippen LogP contribution in [0.15, 0.2) is 36.7 Å². The van der Waals surface area contributed by atoms with Gasteiger partial charge < -0.3 is 5.32 Å². The Hall–Kier alpha value is -2.21. The molecular weight excluding hydrogens is 319 g/mol. The quantitative estimate of drug-likeness (QED) is 0.877. The van der Waals surface area contributed by atoms with Gasteiger partial charge in [0.1, 0.15) is 5.82 Å². The van der Waals surface area contributed by atoms with Crippen molar-refractivity contribution in [3.05, 3.63) is 48.0 Å². The minimum absolute atomic E-state index is 0.00665. The first-order valence-electron chi connectivity index (χ1n) is 8.84. The van der Waals surface area contributed by atoms with Crippen molar-refractivity contribution in [1.29, 1.82) is 0 Å². The van der Waals surface area contributed by atoms with Crippen molar-refractivity contribution in [3.8, 4) is 0 Å². The van der Waals surface area contributed by atoms with Gasteiger partial charge in [0.25, 0.3) is 0 Å². The van der Waals surface area contributed by atoms with Gasteiger partial charge in [0, 0.05) is 19.8 Å². The van der Waals surface area contributed by atoms with Gasteiger partial charge in [-0.05, 0) is 55.8 Å². The Labute approximate surface area is 147 Å². The molecule has 1 atom stereocenters. The summed E-state index contributed by atoms with van der Waals surface area (Å²) in [5.41, 5.74) is 1.91. The number of anilines is 1. The smallest absolute Gasteiger partial charge is 0.238 e. The number of likely N-dealkylation sites (tertiary alicyclic amines) is 1. The van der Waals surface area contributed by atoms with Gasteiger partial charge in [-0.2, -0.15) is 5.10 Å². The summed E-state index contributed by atoms with van der Waals surface area (Å²) in [5.74, 6) is 0.407. The van der Waals surface area contributed by atoms with Crippen molar-refractivity contribution in [2.45, 2.75) is 25.7 Å². The summed E-state index contributed by atoms with van der Waals surface area (Å²) in [7, 11) is 1.83. The van der Waals surface area contributed by atoms with Crippen molar-refractivity contribution < 1.29 is 9.18 Å². The van der Waals surface area contributed by atoms with Gasteiger partial charge in [0.15, 0.2) is 0 Å². The number of halogens is 1. The number of benzene rings is 1. The SMILES string of the molecule is Cn1cc(NC(=O)CN2CCCC(CCc3ccc(F)cc3)C2)cn1. The fraction of sp³-hybridized carbons (Fsp3) is 0.474. The highest BCUT2D eigenvalue weighted by molar-refractivity contribution is 5.91. The molecule has 3 rings (SSSR count). The van der Waals surface area contributed by atoms with Crippen molar-refractivity contribution in [2.24, 2.45) is 13.0 Å². The van der Waals surface area contributed by atoms with Crippen molar-refractivity contribution >= 4 is 11.6 Å². The molecule has 0 spiro atoms. The molecule has 5 nitrogen and oxygen atoms in total. The highest BCUT2D eigenvalue weighted by Gasteiger charge is 2.21. The number of nitrogens with zero attached hydrogens (tertiary/aromatic N) is 3. The third kappa shape index (κ3) is 5.39. The van der Waals surface area contributed by atoms with E-state index < -0.39 is 0 Å². The zero-order valence-electron chi connectivity index (χ0n) is 14.6. The minimum atomic E-state index is -0.188. The molecule has 6 heteroatoms. The molecule has 0 saturated carbocycles. The van der Waals surface area contributed by atoms with Gasteiger partial charge in [0.2, 0.25) is 5.91 Å². The molecule has 1 saturated heterocycles. The van der Waals surface area contributed by atoms with E-state index in [1.807, 2.05) is 19.2 Å². The molecular formula is C19H25FN4O. The third-order valence-corrected chi connectivity index (χ3v) is 4.71. The van der Waals surface area contributed by atoms with Crippen molar-refractivity contribution in [2.75, 3.05) is 25.0 Å². The Kier molecular flexibility index (Phi) is 5.81. The number of carbonyl (C=O) groups is 1. The lowest BCUT2D eigenvalue weighted by molar-refractivity contribution is -0.117. The number of carbonyl (C=O) groups excluding carboxylic acids is 1. The lowest BCUT2D eigenvalue weighted by Gasteiger charge is -2.32. The number of nitrogens with one attached hydrogen (secondary N) is 1. The Bertz CT molecular complexity index is 698. The maximum Gasteiger partial charge on any atom is 0.238 e. The van der Waals surface area contributed by atoms with E-state index in [1.165, 1.54) is 24.1 Å². The second kappa shape index (κ2) is 8.25. The summed E-state index contributed by atoms with van der Waals surface area (Å²) in [4.78, 5) is 14.4. The maximum atomic E-state index is 13.0. The second-order valence-electron chi connectivity index (χ2n) is 6.86. The molecule has 1 aromatic carbocycles. The number of aromatic nitrogens is 2. The van der Waals surface area contributed by atoms with Crippen LogP contribution in [-0.4, -0.2) is 40.2 Å². The molecule has 25 heavy (non-hydrogen) atoms. The fourth-order valence-electron chi connectivity index (χ4n) is 3.44. The number of rotatable bonds is 6. The number of piperidine rings is 1. The molecule has 0 bridgehead atoms. The molecule has 1 aromatic heterocycles. The summed E-state index contributed by atoms with van der Waals surface area (Å²) in [6.45, 7) is 2.33. The highest BCUT2D eigenvalue weighted by Crippen LogP contribution is 2.21. The van der Waals surface area contributed by atoms with E-state index in [-0.39, 0.29) is 11.7 Å². The average molecular weight is 344 g/mol. The predicted octanol–water partition coefficient (Wildman–Crippen LogP) is 2.84. The van der Waals surface area contributed by atoms with Crippen LogP contribution in [0.2, 0.25) is 0 Å². The number of amides is 1. The molecule has 1 aliphatic heterocycles. The van der Waals surface area contributed by atoms with E-state index in [4.69, 9.17) is 0 Å². The first kappa shape index (κ1) is 17.6. The van der Waals surface area contributed by atoms with Crippen LogP contribution in [-0.2, 0) is 18.3 Å². The maximum absolute atomic E-state index is 13.0. The van der Waals surface area contributed by atoms with Crippen LogP contribution in [0.1, 0.15) is 24.8 Å². The zero-order valence-corrected chi connectivity index (χ0v) is 14.6. The van der Waals surface area contributed by atoms with E-state index in [2.05, 4.69) is 15.3 Å². The summed E-state index contributed by atoms with van der Waals surface area (Å²) in [6, 6.07) is 6.76. The first-order chi connectivity index (χ1) is 12.1. The summed E-state index contributed by atoms with van der Waals surface area (Å²) >= 11 is 0. The van der Waals surface area contributed by atoms with E-state index in [0.717, 1.165) is 38.0 Å². The van der Waals surface area contributed by atoms with Crippen LogP contribution in [0.5, 0.6) is 0 Å². The number of hydrogen-bond donors (Lipinski definition) is 1. The van der Waals surface area contributed by atoms with Crippen molar-refractivity contribution in [3.63, 3.8) is 0 Å². The lowest BCUT2D eigenvalue weighted by atomic mass is 9.91. The van der Waals surface area contributed by atoms with Crippen LogP contribution < -0.4 is 5.32 Å². The van der Waals surface area contributed by atoms with Gasteiger partial charge in [0.05, 0.1) is 18.4 Å². The monoisotopic (exact) mass is 344 g/mol. The molecule has 1 unspecified atom stereocenters. The minimum Gasteiger partial charge on any atom is -0.322 e. The van der Waals surface area contributed by atoms with Gasteiger partial charge in [-0.3, -0.25) is 14.4 Å². The molecule has 1 N–H and O–H groups in total. The Balaban J connectivity index is 1.44. The van der Waals surface area contributed by atoms with E-state index in [0.29, 0.717) is 12.5 Å². The molecule has 2 heterocycles. The third-order valence-electron chi connectivity index (χ3n) is 4.71. The fourth-order valence-corrected chi connectivity index (χ4v) is 3.44.